The highest BCUT2D eigenvalue weighted by atomic mass is 35.5. The quantitative estimate of drug-likeness (QED) is 0.830. The van der Waals surface area contributed by atoms with Gasteiger partial charge in [-0.15, -0.1) is 0 Å². The topological polar surface area (TPSA) is 51.7 Å². The van der Waals surface area contributed by atoms with E-state index in [4.69, 9.17) is 21.1 Å². The van der Waals surface area contributed by atoms with E-state index in [2.05, 4.69) is 4.98 Å². The van der Waals surface area contributed by atoms with Crippen LogP contribution in [0.2, 0.25) is 5.02 Å². The van der Waals surface area contributed by atoms with Gasteiger partial charge in [-0.05, 0) is 13.0 Å². The molecule has 92 valence electrons. The van der Waals surface area contributed by atoms with Crippen molar-refractivity contribution >= 4 is 17.7 Å². The Morgan fingerprint density at radius 1 is 1.59 bits per heavy atom. The lowest BCUT2D eigenvalue weighted by Gasteiger charge is -2.37. The highest BCUT2D eigenvalue weighted by Gasteiger charge is 2.33. The van der Waals surface area contributed by atoms with Crippen LogP contribution in [0.4, 0.5) is 4.79 Å². The summed E-state index contributed by atoms with van der Waals surface area (Å²) in [5, 5.41) is 0.569. The summed E-state index contributed by atoms with van der Waals surface area (Å²) >= 11 is 5.71. The summed E-state index contributed by atoms with van der Waals surface area (Å²) in [6, 6.07) is 3.42. The zero-order valence-corrected chi connectivity index (χ0v) is 10.2. The number of pyridine rings is 1. The van der Waals surface area contributed by atoms with Crippen LogP contribution in [0, 0.1) is 0 Å². The van der Waals surface area contributed by atoms with E-state index in [9.17, 15) is 4.79 Å². The Bertz CT molecular complexity index is 390. The number of carbonyl (C=O) groups is 1. The number of rotatable bonds is 3. The van der Waals surface area contributed by atoms with Gasteiger partial charge in [0.05, 0.1) is 24.7 Å². The Labute approximate surface area is 104 Å². The number of hydrogen-bond acceptors (Lipinski definition) is 4. The third-order valence-electron chi connectivity index (χ3n) is 2.36. The smallest absolute Gasteiger partial charge is 0.410 e. The first-order valence-corrected chi connectivity index (χ1v) is 5.76. The van der Waals surface area contributed by atoms with Gasteiger partial charge in [0.15, 0.2) is 0 Å². The molecule has 1 amide bonds. The van der Waals surface area contributed by atoms with Gasteiger partial charge in [-0.1, -0.05) is 11.6 Å². The molecule has 0 N–H and O–H groups in total. The maximum Gasteiger partial charge on any atom is 0.410 e. The molecule has 0 atom stereocenters. The second-order valence-corrected chi connectivity index (χ2v) is 4.09. The van der Waals surface area contributed by atoms with Gasteiger partial charge in [0, 0.05) is 12.3 Å². The Morgan fingerprint density at radius 2 is 2.35 bits per heavy atom. The Hall–Kier alpha value is -1.49. The summed E-state index contributed by atoms with van der Waals surface area (Å²) in [7, 11) is 0. The molecule has 0 aliphatic carbocycles. The molecule has 6 heteroatoms. The van der Waals surface area contributed by atoms with Gasteiger partial charge in [0.25, 0.3) is 0 Å². The van der Waals surface area contributed by atoms with E-state index in [0.29, 0.717) is 30.6 Å². The van der Waals surface area contributed by atoms with Gasteiger partial charge in [-0.3, -0.25) is 0 Å². The van der Waals surface area contributed by atoms with Crippen molar-refractivity contribution in [3.63, 3.8) is 0 Å². The molecule has 0 spiro atoms. The Morgan fingerprint density at radius 3 is 2.94 bits per heavy atom. The van der Waals surface area contributed by atoms with Crippen LogP contribution in [0.5, 0.6) is 5.88 Å². The van der Waals surface area contributed by atoms with Crippen molar-refractivity contribution in [3.8, 4) is 5.88 Å². The highest BCUT2D eigenvalue weighted by Crippen LogP contribution is 2.18. The standard InChI is InChI=1S/C11H13ClN2O3/c1-2-16-11(15)14-6-9(7-14)17-10-4-3-8(12)5-13-10/h3-5,9H,2,6-7H2,1H3. The zero-order chi connectivity index (χ0) is 12.3. The van der Waals surface area contributed by atoms with Gasteiger partial charge < -0.3 is 14.4 Å². The summed E-state index contributed by atoms with van der Waals surface area (Å²) in [5.41, 5.74) is 0. The molecule has 1 aromatic rings. The first kappa shape index (κ1) is 12.0. The molecule has 0 saturated carbocycles. The first-order valence-electron chi connectivity index (χ1n) is 5.39. The van der Waals surface area contributed by atoms with Crippen molar-refractivity contribution in [2.45, 2.75) is 13.0 Å². The summed E-state index contributed by atoms with van der Waals surface area (Å²) in [4.78, 5) is 16.9. The molecule has 17 heavy (non-hydrogen) atoms. The number of halogens is 1. The maximum absolute atomic E-state index is 11.3. The van der Waals surface area contributed by atoms with Crippen LogP contribution >= 0.6 is 11.6 Å². The minimum absolute atomic E-state index is 0.0203. The molecule has 0 aromatic carbocycles. The van der Waals surface area contributed by atoms with Crippen molar-refractivity contribution in [2.75, 3.05) is 19.7 Å². The summed E-state index contributed by atoms with van der Waals surface area (Å²) < 4.78 is 10.4. The highest BCUT2D eigenvalue weighted by molar-refractivity contribution is 6.30. The van der Waals surface area contributed by atoms with Gasteiger partial charge >= 0.3 is 6.09 Å². The van der Waals surface area contributed by atoms with Crippen LogP contribution in [0.15, 0.2) is 18.3 Å². The van der Waals surface area contributed by atoms with Crippen LogP contribution in [0.1, 0.15) is 6.92 Å². The van der Waals surface area contributed by atoms with Gasteiger partial charge in [0.1, 0.15) is 6.10 Å². The molecule has 0 radical (unpaired) electrons. The average Bonchev–Trinajstić information content (AvgIpc) is 2.25. The lowest BCUT2D eigenvalue weighted by Crippen LogP contribution is -2.56. The summed E-state index contributed by atoms with van der Waals surface area (Å²) in [6.07, 6.45) is 1.21. The van der Waals surface area contributed by atoms with Crippen molar-refractivity contribution in [1.29, 1.82) is 0 Å². The van der Waals surface area contributed by atoms with Crippen LogP contribution in [-0.4, -0.2) is 41.8 Å². The minimum atomic E-state index is -0.295. The minimum Gasteiger partial charge on any atom is -0.471 e. The van der Waals surface area contributed by atoms with E-state index in [-0.39, 0.29) is 12.2 Å². The van der Waals surface area contributed by atoms with Crippen molar-refractivity contribution < 1.29 is 14.3 Å². The fourth-order valence-electron chi connectivity index (χ4n) is 1.48. The number of nitrogens with zero attached hydrogens (tertiary/aromatic N) is 2. The molecule has 1 fully saturated rings. The fourth-order valence-corrected chi connectivity index (χ4v) is 1.59. The second kappa shape index (κ2) is 5.23. The number of ether oxygens (including phenoxy) is 2. The van der Waals surface area contributed by atoms with Crippen molar-refractivity contribution in [1.82, 2.24) is 9.88 Å². The third-order valence-corrected chi connectivity index (χ3v) is 2.59. The number of aromatic nitrogens is 1. The molecular formula is C11H13ClN2O3. The lowest BCUT2D eigenvalue weighted by atomic mass is 10.2. The maximum atomic E-state index is 11.3. The van der Waals surface area contributed by atoms with Gasteiger partial charge in [0.2, 0.25) is 5.88 Å². The predicted molar refractivity (Wildman–Crippen MR) is 62.3 cm³/mol. The number of hydrogen-bond donors (Lipinski definition) is 0. The molecule has 1 aromatic heterocycles. The molecular weight excluding hydrogens is 244 g/mol. The van der Waals surface area contributed by atoms with Crippen LogP contribution in [0.25, 0.3) is 0 Å². The van der Waals surface area contributed by atoms with Crippen molar-refractivity contribution in [2.24, 2.45) is 0 Å². The number of likely N-dealkylation sites (tertiary alicyclic amines) is 1. The Balaban J connectivity index is 1.77. The largest absolute Gasteiger partial charge is 0.471 e. The van der Waals surface area contributed by atoms with E-state index in [1.165, 1.54) is 6.20 Å². The molecule has 2 rings (SSSR count). The van der Waals surface area contributed by atoms with E-state index >= 15 is 0 Å². The molecule has 0 unspecified atom stereocenters. The van der Waals surface area contributed by atoms with E-state index in [1.54, 1.807) is 24.0 Å². The molecule has 1 aliphatic heterocycles. The molecule has 0 bridgehead atoms. The normalized spacial score (nSPS) is 15.3. The van der Waals surface area contributed by atoms with E-state index < -0.39 is 0 Å². The van der Waals surface area contributed by atoms with Crippen LogP contribution in [0.3, 0.4) is 0 Å². The number of carbonyl (C=O) groups excluding carboxylic acids is 1. The van der Waals surface area contributed by atoms with E-state index in [0.717, 1.165) is 0 Å². The van der Waals surface area contributed by atoms with Crippen LogP contribution < -0.4 is 4.74 Å². The lowest BCUT2D eigenvalue weighted by molar-refractivity contribution is 0.0107. The Kier molecular flexibility index (Phi) is 3.68. The monoisotopic (exact) mass is 256 g/mol. The fraction of sp³-hybridized carbons (Fsp3) is 0.455. The molecule has 2 heterocycles. The number of amides is 1. The molecule has 1 saturated heterocycles. The zero-order valence-electron chi connectivity index (χ0n) is 9.43. The van der Waals surface area contributed by atoms with E-state index in [1.807, 2.05) is 0 Å². The van der Waals surface area contributed by atoms with Crippen LogP contribution in [-0.2, 0) is 4.74 Å². The summed E-state index contributed by atoms with van der Waals surface area (Å²) in [6.45, 7) is 3.23. The van der Waals surface area contributed by atoms with Gasteiger partial charge in [-0.2, -0.15) is 0 Å². The molecule has 5 nitrogen and oxygen atoms in total. The van der Waals surface area contributed by atoms with Crippen molar-refractivity contribution in [3.05, 3.63) is 23.4 Å². The second-order valence-electron chi connectivity index (χ2n) is 3.66. The average molecular weight is 257 g/mol. The summed E-state index contributed by atoms with van der Waals surface area (Å²) in [5.74, 6) is 0.517. The first-order chi connectivity index (χ1) is 8.19. The SMILES string of the molecule is CCOC(=O)N1CC(Oc2ccc(Cl)cn2)C1. The molecule has 1 aliphatic rings. The third kappa shape index (κ3) is 3.00. The van der Waals surface area contributed by atoms with Gasteiger partial charge in [-0.25, -0.2) is 9.78 Å². The predicted octanol–water partition coefficient (Wildman–Crippen LogP) is 1.95.